The maximum atomic E-state index is 11.3. The van der Waals surface area contributed by atoms with Crippen molar-refractivity contribution in [1.29, 1.82) is 0 Å². The molecule has 3 amide bonds. The molecule has 0 fully saturated rings. The summed E-state index contributed by atoms with van der Waals surface area (Å²) in [5.74, 6) is -0.656. The number of amides is 3. The number of nitrogens with one attached hydrogen (secondary N) is 2. The lowest BCUT2D eigenvalue weighted by atomic mass is 10.2. The first-order chi connectivity index (χ1) is 9.51. The van der Waals surface area contributed by atoms with Crippen LogP contribution < -0.4 is 10.6 Å². The van der Waals surface area contributed by atoms with E-state index in [2.05, 4.69) is 10.6 Å². The molecule has 0 unspecified atom stereocenters. The van der Waals surface area contributed by atoms with Crippen molar-refractivity contribution in [3.63, 3.8) is 0 Å². The average Bonchev–Trinajstić information content (AvgIpc) is 2.40. The van der Waals surface area contributed by atoms with Gasteiger partial charge in [0.1, 0.15) is 0 Å². The minimum Gasteiger partial charge on any atom is -0.481 e. The largest absolute Gasteiger partial charge is 0.481 e. The van der Waals surface area contributed by atoms with E-state index in [4.69, 9.17) is 5.11 Å². The van der Waals surface area contributed by atoms with Gasteiger partial charge in [0.15, 0.2) is 0 Å². The van der Waals surface area contributed by atoms with Gasteiger partial charge in [-0.25, -0.2) is 4.79 Å². The number of thioether (sulfide) groups is 1. The summed E-state index contributed by atoms with van der Waals surface area (Å²) in [5, 5.41) is 13.1. The number of carboxylic acid groups (broad SMARTS) is 1. The average molecular weight is 296 g/mol. The number of carboxylic acids is 1. The fourth-order valence-electron chi connectivity index (χ4n) is 1.39. The van der Waals surface area contributed by atoms with E-state index in [-0.39, 0.29) is 18.7 Å². The molecule has 0 saturated carbocycles. The first kappa shape index (κ1) is 16.0. The number of carbonyl (C=O) groups is 3. The van der Waals surface area contributed by atoms with Gasteiger partial charge in [0, 0.05) is 24.1 Å². The highest BCUT2D eigenvalue weighted by Gasteiger charge is 2.06. The van der Waals surface area contributed by atoms with E-state index in [0.717, 1.165) is 10.5 Å². The number of rotatable bonds is 6. The van der Waals surface area contributed by atoms with Crippen LogP contribution in [0.25, 0.3) is 0 Å². The number of urea groups is 1. The lowest BCUT2D eigenvalue weighted by Crippen LogP contribution is -2.37. The smallest absolute Gasteiger partial charge is 0.321 e. The molecular formula is C13H16N2O4S. The molecule has 0 heterocycles. The molecule has 6 nitrogen and oxygen atoms in total. The van der Waals surface area contributed by atoms with E-state index < -0.39 is 12.0 Å². The zero-order valence-electron chi connectivity index (χ0n) is 11.0. The molecule has 0 aromatic heterocycles. The molecule has 0 aliphatic rings. The number of hydrogen-bond acceptors (Lipinski definition) is 4. The summed E-state index contributed by atoms with van der Waals surface area (Å²) in [6.07, 6.45) is 0.231. The van der Waals surface area contributed by atoms with Gasteiger partial charge in [0.25, 0.3) is 0 Å². The zero-order valence-corrected chi connectivity index (χ0v) is 11.8. The summed E-state index contributed by atoms with van der Waals surface area (Å²) in [4.78, 5) is 33.7. The SMILES string of the molecule is CNC(=O)NC(=O)CCSc1ccc(CC(=O)O)cc1. The Labute approximate surface area is 120 Å². The van der Waals surface area contributed by atoms with Gasteiger partial charge in [-0.15, -0.1) is 11.8 Å². The van der Waals surface area contributed by atoms with Crippen molar-refractivity contribution >= 4 is 29.7 Å². The fraction of sp³-hybridized carbons (Fsp3) is 0.308. The molecule has 7 heteroatoms. The number of carbonyl (C=O) groups excluding carboxylic acids is 2. The highest BCUT2D eigenvalue weighted by molar-refractivity contribution is 7.99. The highest BCUT2D eigenvalue weighted by atomic mass is 32.2. The molecule has 108 valence electrons. The summed E-state index contributed by atoms with van der Waals surface area (Å²) >= 11 is 1.47. The molecule has 3 N–H and O–H groups in total. The van der Waals surface area contributed by atoms with Crippen LogP contribution in [0, 0.1) is 0 Å². The van der Waals surface area contributed by atoms with Crippen LogP contribution in [0.15, 0.2) is 29.2 Å². The molecule has 1 aromatic carbocycles. The predicted molar refractivity (Wildman–Crippen MR) is 75.7 cm³/mol. The van der Waals surface area contributed by atoms with Crippen LogP contribution in [0.1, 0.15) is 12.0 Å². The van der Waals surface area contributed by atoms with Crippen molar-refractivity contribution in [3.05, 3.63) is 29.8 Å². The molecule has 0 atom stereocenters. The zero-order chi connectivity index (χ0) is 15.0. The Kier molecular flexibility index (Phi) is 6.58. The summed E-state index contributed by atoms with van der Waals surface area (Å²) in [5.41, 5.74) is 0.735. The van der Waals surface area contributed by atoms with Crippen molar-refractivity contribution in [2.45, 2.75) is 17.7 Å². The van der Waals surface area contributed by atoms with E-state index in [0.29, 0.717) is 5.75 Å². The lowest BCUT2D eigenvalue weighted by Gasteiger charge is -2.04. The van der Waals surface area contributed by atoms with Crippen LogP contribution in [-0.2, 0) is 16.0 Å². The molecule has 0 bridgehead atoms. The van der Waals surface area contributed by atoms with Crippen molar-refractivity contribution in [2.75, 3.05) is 12.8 Å². The minimum atomic E-state index is -0.865. The standard InChI is InChI=1S/C13H16N2O4S/c1-14-13(19)15-11(16)6-7-20-10-4-2-9(3-5-10)8-12(17)18/h2-5H,6-8H2,1H3,(H,17,18)(H2,14,15,16,19). The Bertz CT molecular complexity index is 488. The van der Waals surface area contributed by atoms with Crippen molar-refractivity contribution in [1.82, 2.24) is 10.6 Å². The first-order valence-electron chi connectivity index (χ1n) is 5.96. The number of aliphatic carboxylic acids is 1. The fourth-order valence-corrected chi connectivity index (χ4v) is 2.24. The van der Waals surface area contributed by atoms with Gasteiger partial charge in [-0.2, -0.15) is 0 Å². The summed E-state index contributed by atoms with van der Waals surface area (Å²) in [7, 11) is 1.44. The highest BCUT2D eigenvalue weighted by Crippen LogP contribution is 2.19. The molecule has 0 aliphatic carbocycles. The third-order valence-electron chi connectivity index (χ3n) is 2.36. The number of imide groups is 1. The van der Waals surface area contributed by atoms with Crippen LogP contribution in [0.3, 0.4) is 0 Å². The maximum absolute atomic E-state index is 11.3. The third kappa shape index (κ3) is 6.24. The molecule has 0 aliphatic heterocycles. The van der Waals surface area contributed by atoms with Crippen LogP contribution in [0.2, 0.25) is 0 Å². The summed E-state index contributed by atoms with van der Waals surface area (Å²) in [6, 6.07) is 6.62. The molecule has 0 saturated heterocycles. The Morgan fingerprint density at radius 1 is 1.20 bits per heavy atom. The van der Waals surface area contributed by atoms with Crippen molar-refractivity contribution in [2.24, 2.45) is 0 Å². The van der Waals surface area contributed by atoms with Crippen LogP contribution in [0.4, 0.5) is 4.79 Å². The lowest BCUT2D eigenvalue weighted by molar-refractivity contribution is -0.136. The van der Waals surface area contributed by atoms with Gasteiger partial charge in [-0.1, -0.05) is 12.1 Å². The van der Waals surface area contributed by atoms with Crippen molar-refractivity contribution in [3.8, 4) is 0 Å². The van der Waals surface area contributed by atoms with E-state index >= 15 is 0 Å². The Morgan fingerprint density at radius 3 is 2.40 bits per heavy atom. The Balaban J connectivity index is 2.33. The first-order valence-corrected chi connectivity index (χ1v) is 6.95. The van der Waals surface area contributed by atoms with E-state index in [1.165, 1.54) is 18.8 Å². The Hall–Kier alpha value is -2.02. The van der Waals surface area contributed by atoms with Crippen molar-refractivity contribution < 1.29 is 19.5 Å². The van der Waals surface area contributed by atoms with Gasteiger partial charge in [0.2, 0.25) is 5.91 Å². The quantitative estimate of drug-likeness (QED) is 0.687. The van der Waals surface area contributed by atoms with Gasteiger partial charge in [-0.05, 0) is 17.7 Å². The van der Waals surface area contributed by atoms with Crippen LogP contribution in [0.5, 0.6) is 0 Å². The minimum absolute atomic E-state index is 0.000514. The van der Waals surface area contributed by atoms with E-state index in [9.17, 15) is 14.4 Å². The van der Waals surface area contributed by atoms with Crippen LogP contribution >= 0.6 is 11.8 Å². The van der Waals surface area contributed by atoms with Gasteiger partial charge >= 0.3 is 12.0 Å². The second kappa shape index (κ2) is 8.21. The molecular weight excluding hydrogens is 280 g/mol. The third-order valence-corrected chi connectivity index (χ3v) is 3.37. The molecule has 0 radical (unpaired) electrons. The number of hydrogen-bond donors (Lipinski definition) is 3. The van der Waals surface area contributed by atoms with E-state index in [1.54, 1.807) is 12.1 Å². The van der Waals surface area contributed by atoms with Gasteiger partial charge < -0.3 is 10.4 Å². The maximum Gasteiger partial charge on any atom is 0.321 e. The second-order valence-electron chi connectivity index (χ2n) is 3.94. The Morgan fingerprint density at radius 2 is 1.85 bits per heavy atom. The number of benzene rings is 1. The van der Waals surface area contributed by atoms with Gasteiger partial charge in [-0.3, -0.25) is 14.9 Å². The molecule has 1 aromatic rings. The van der Waals surface area contributed by atoms with E-state index in [1.807, 2.05) is 12.1 Å². The van der Waals surface area contributed by atoms with Crippen LogP contribution in [-0.4, -0.2) is 35.8 Å². The summed E-state index contributed by atoms with van der Waals surface area (Å²) in [6.45, 7) is 0. The topological polar surface area (TPSA) is 95.5 Å². The molecule has 20 heavy (non-hydrogen) atoms. The van der Waals surface area contributed by atoms with Gasteiger partial charge in [0.05, 0.1) is 6.42 Å². The predicted octanol–water partition coefficient (Wildman–Crippen LogP) is 1.25. The molecule has 1 rings (SSSR count). The molecule has 0 spiro atoms. The second-order valence-corrected chi connectivity index (χ2v) is 5.11. The normalized spacial score (nSPS) is 9.85. The summed E-state index contributed by atoms with van der Waals surface area (Å²) < 4.78 is 0. The monoisotopic (exact) mass is 296 g/mol.